The van der Waals surface area contributed by atoms with Crippen molar-refractivity contribution in [2.24, 2.45) is 0 Å². The van der Waals surface area contributed by atoms with Crippen molar-refractivity contribution in [1.29, 1.82) is 0 Å². The van der Waals surface area contributed by atoms with E-state index in [0.29, 0.717) is 54.0 Å². The van der Waals surface area contributed by atoms with Gasteiger partial charge in [-0.2, -0.15) is 0 Å². The molecule has 1 aliphatic rings. The van der Waals surface area contributed by atoms with Crippen molar-refractivity contribution in [2.45, 2.75) is 85.0 Å². The Morgan fingerprint density at radius 3 is 2.07 bits per heavy atom. The maximum atomic E-state index is 8.86. The van der Waals surface area contributed by atoms with E-state index in [4.69, 9.17) is 23.4 Å². The molecule has 0 bridgehead atoms. The van der Waals surface area contributed by atoms with E-state index in [1.807, 2.05) is 65.4 Å². The molecule has 332 valence electrons. The van der Waals surface area contributed by atoms with E-state index >= 15 is 0 Å². The predicted octanol–water partition coefficient (Wildman–Crippen LogP) is 16.2. The van der Waals surface area contributed by atoms with Crippen molar-refractivity contribution in [3.8, 4) is 39.6 Å². The minimum absolute atomic E-state index is 0.0120. The monoisotopic (exact) mass is 887 g/mol. The number of hydrogen-bond donors (Lipinski definition) is 0. The molecule has 1 aliphatic heterocycles. The summed E-state index contributed by atoms with van der Waals surface area (Å²) in [4.78, 5) is 4.99. The van der Waals surface area contributed by atoms with Crippen molar-refractivity contribution in [1.82, 2.24) is 14.1 Å². The van der Waals surface area contributed by atoms with Crippen molar-refractivity contribution < 1.29 is 23.0 Å². The highest BCUT2D eigenvalue weighted by atomic mass is 16.5. The molecular formula is C62H60N4O+2. The summed E-state index contributed by atoms with van der Waals surface area (Å²) in [7, 11) is 0. The molecule has 0 aliphatic carbocycles. The summed E-state index contributed by atoms with van der Waals surface area (Å²) in [5.41, 5.74) is 9.90. The molecule has 67 heavy (non-hydrogen) atoms. The number of ether oxygens (including phenoxy) is 1. The molecule has 0 fully saturated rings. The fourth-order valence-electron chi connectivity index (χ4n) is 9.44. The van der Waals surface area contributed by atoms with Crippen LogP contribution in [-0.4, -0.2) is 26.7 Å². The SMILES string of the molecule is [2H]c1c([2H])c([2H])c(-c2cccc(-c3c([2H])c([2H])c([2H])c([2H])c3[2H])c2CCCC[N+]2=C=[N+](c3cccc(Oc4ccc5c6cc(CCC)cc(CCC)c6n(-c6cc(C(C)(C)C)ccn6)c5c4)c3)c3ccccc32)c([2H])c1[2H]. The van der Waals surface area contributed by atoms with Crippen LogP contribution in [0.5, 0.6) is 11.5 Å². The van der Waals surface area contributed by atoms with Crippen LogP contribution in [0.15, 0.2) is 176 Å². The summed E-state index contributed by atoms with van der Waals surface area (Å²) in [5.74, 6) is 2.22. The van der Waals surface area contributed by atoms with Gasteiger partial charge in [-0.1, -0.05) is 155 Å². The standard InChI is InChI=1S/C62H60N4O/c1-6-20-44-38-47(21-7-2)61-56(39-44)55-34-33-51(42-59(55)66(61)60-40-48(35-36-63-60)62(3,4)5)67-50-27-18-26-49(41-50)65-43-64(57-31-14-15-32-58(57)65)37-17-16-28-54-52(45-22-10-8-11-23-45)29-19-30-53(54)46-24-12-9-13-25-46/h8-15,18-19,22-27,29-36,38-42H,6-7,16-17,20-21,28,37H2,1-5H3/q+2/i8D,9D,10D,11D,12D,13D,22D,23D,24D,25D. The van der Waals surface area contributed by atoms with Crippen LogP contribution in [0, 0.1) is 0 Å². The van der Waals surface area contributed by atoms with E-state index in [2.05, 4.69) is 86.2 Å². The number of aromatic nitrogens is 2. The molecule has 7 aromatic carbocycles. The molecule has 2 aromatic heterocycles. The number of pyridine rings is 1. The molecule has 0 radical (unpaired) electrons. The van der Waals surface area contributed by atoms with Crippen LogP contribution in [-0.2, 0) is 24.7 Å². The average Bonchev–Trinajstić information content (AvgIpc) is 4.02. The quantitative estimate of drug-likeness (QED) is 0.0759. The second-order valence-corrected chi connectivity index (χ2v) is 18.3. The first-order valence-corrected chi connectivity index (χ1v) is 23.5. The highest BCUT2D eigenvalue weighted by Gasteiger charge is 2.34. The van der Waals surface area contributed by atoms with Crippen LogP contribution in [0.25, 0.3) is 49.9 Å². The number of para-hydroxylation sites is 2. The summed E-state index contributed by atoms with van der Waals surface area (Å²) in [6.45, 7) is 11.7. The first kappa shape index (κ1) is 33.2. The number of nitrogens with zero attached hydrogens (tertiary/aromatic N) is 4. The topological polar surface area (TPSA) is 33.1 Å². The van der Waals surface area contributed by atoms with E-state index in [0.717, 1.165) is 59.5 Å². The van der Waals surface area contributed by atoms with Crippen molar-refractivity contribution in [3.63, 3.8) is 0 Å². The maximum absolute atomic E-state index is 8.86. The van der Waals surface area contributed by atoms with Crippen molar-refractivity contribution in [3.05, 3.63) is 198 Å². The van der Waals surface area contributed by atoms with E-state index in [9.17, 15) is 0 Å². The number of aryl methyl sites for hydroxylation is 2. The normalized spacial score (nSPS) is 14.5. The first-order chi connectivity index (χ1) is 36.9. The summed E-state index contributed by atoms with van der Waals surface area (Å²) in [6.07, 6.45) is 7.41. The molecule has 5 heteroatoms. The first-order valence-electron chi connectivity index (χ1n) is 28.5. The van der Waals surface area contributed by atoms with Crippen LogP contribution in [0.2, 0.25) is 0 Å². The number of rotatable bonds is 15. The van der Waals surface area contributed by atoms with Crippen LogP contribution < -0.4 is 9.31 Å². The third kappa shape index (κ3) is 8.88. The Morgan fingerprint density at radius 1 is 0.657 bits per heavy atom. The molecule has 0 atom stereocenters. The van der Waals surface area contributed by atoms with Crippen LogP contribution in [0.4, 0.5) is 17.1 Å². The van der Waals surface area contributed by atoms with Gasteiger partial charge in [0.2, 0.25) is 5.69 Å². The lowest BCUT2D eigenvalue weighted by molar-refractivity contribution is -0.431. The Balaban J connectivity index is 0.986. The number of benzene rings is 7. The lowest BCUT2D eigenvalue weighted by atomic mass is 9.88. The van der Waals surface area contributed by atoms with Gasteiger partial charge in [0.1, 0.15) is 17.3 Å². The second kappa shape index (κ2) is 18.9. The van der Waals surface area contributed by atoms with Gasteiger partial charge in [-0.15, -0.1) is 0 Å². The van der Waals surface area contributed by atoms with Gasteiger partial charge in [-0.3, -0.25) is 4.57 Å². The van der Waals surface area contributed by atoms with Gasteiger partial charge in [-0.05, 0) is 117 Å². The van der Waals surface area contributed by atoms with Gasteiger partial charge in [0.05, 0.1) is 30.8 Å². The lowest BCUT2D eigenvalue weighted by Gasteiger charge is -2.20. The molecular weight excluding hydrogens is 817 g/mol. The molecule has 9 aromatic rings. The van der Waals surface area contributed by atoms with Gasteiger partial charge < -0.3 is 4.74 Å². The molecule has 0 N–H and O–H groups in total. The lowest BCUT2D eigenvalue weighted by Crippen LogP contribution is -2.12. The number of hydrogen-bond acceptors (Lipinski definition) is 2. The van der Waals surface area contributed by atoms with Crippen LogP contribution in [0.3, 0.4) is 0 Å². The van der Waals surface area contributed by atoms with Crippen LogP contribution >= 0.6 is 0 Å². The van der Waals surface area contributed by atoms with Gasteiger partial charge >= 0.3 is 6.01 Å². The number of fused-ring (bicyclic) bond motifs is 4. The van der Waals surface area contributed by atoms with Crippen molar-refractivity contribution >= 4 is 44.9 Å². The molecule has 0 amide bonds. The van der Waals surface area contributed by atoms with E-state index in [1.165, 1.54) is 27.6 Å². The summed E-state index contributed by atoms with van der Waals surface area (Å²) < 4.78 is 98.9. The summed E-state index contributed by atoms with van der Waals surface area (Å²) in [5, 5.41) is 2.36. The Labute approximate surface area is 410 Å². The Bertz CT molecular complexity index is 3780. The predicted molar refractivity (Wildman–Crippen MR) is 280 cm³/mol. The zero-order chi connectivity index (χ0) is 54.6. The maximum Gasteiger partial charge on any atom is 0.496 e. The fraction of sp³-hybridized carbons (Fsp3) is 0.226. The third-order valence-electron chi connectivity index (χ3n) is 12.6. The average molecular weight is 887 g/mol. The molecule has 10 rings (SSSR count). The minimum Gasteiger partial charge on any atom is -0.457 e. The smallest absolute Gasteiger partial charge is 0.457 e. The molecule has 0 saturated heterocycles. The van der Waals surface area contributed by atoms with Gasteiger partial charge in [0, 0.05) is 47.7 Å². The summed E-state index contributed by atoms with van der Waals surface area (Å²) in [6, 6.07) is 35.5. The van der Waals surface area contributed by atoms with Crippen molar-refractivity contribution in [2.75, 3.05) is 6.54 Å². The fourth-order valence-corrected chi connectivity index (χ4v) is 9.44. The van der Waals surface area contributed by atoms with E-state index in [-0.39, 0.29) is 40.7 Å². The highest BCUT2D eigenvalue weighted by molar-refractivity contribution is 6.11. The molecule has 0 unspecified atom stereocenters. The van der Waals surface area contributed by atoms with Crippen LogP contribution in [0.1, 0.15) is 96.3 Å². The Morgan fingerprint density at radius 2 is 1.36 bits per heavy atom. The molecule has 0 spiro atoms. The van der Waals surface area contributed by atoms with Gasteiger partial charge in [0.25, 0.3) is 11.4 Å². The van der Waals surface area contributed by atoms with Gasteiger partial charge in [0.15, 0.2) is 6.54 Å². The minimum atomic E-state index is -0.519. The Kier molecular flexibility index (Phi) is 9.35. The molecule has 3 heterocycles. The highest BCUT2D eigenvalue weighted by Crippen LogP contribution is 2.40. The zero-order valence-electron chi connectivity index (χ0n) is 48.8. The second-order valence-electron chi connectivity index (χ2n) is 18.3. The summed E-state index contributed by atoms with van der Waals surface area (Å²) >= 11 is 0. The zero-order valence-corrected chi connectivity index (χ0v) is 38.8. The molecule has 0 saturated carbocycles. The Hall–Kier alpha value is -7.33. The van der Waals surface area contributed by atoms with Gasteiger partial charge in [-0.25, -0.2) is 4.98 Å². The van der Waals surface area contributed by atoms with E-state index in [1.54, 1.807) is 18.2 Å². The van der Waals surface area contributed by atoms with E-state index < -0.39 is 36.3 Å². The molecule has 5 nitrogen and oxygen atoms in total. The number of unbranched alkanes of at least 4 members (excludes halogenated alkanes) is 1. The third-order valence-corrected chi connectivity index (χ3v) is 12.6. The largest absolute Gasteiger partial charge is 0.496 e.